The van der Waals surface area contributed by atoms with E-state index in [9.17, 15) is 9.59 Å². The number of fused-ring (bicyclic) bond motifs is 1. The van der Waals surface area contributed by atoms with Crippen molar-refractivity contribution in [3.8, 4) is 0 Å². The summed E-state index contributed by atoms with van der Waals surface area (Å²) in [5, 5.41) is 1.28. The van der Waals surface area contributed by atoms with Gasteiger partial charge < -0.3 is 9.15 Å². The molecule has 0 spiro atoms. The molecule has 0 fully saturated rings. The van der Waals surface area contributed by atoms with Gasteiger partial charge in [0.1, 0.15) is 18.2 Å². The molecule has 1 heterocycles. The number of rotatable bonds is 6. The molecule has 2 rings (SSSR count). The fourth-order valence-corrected chi connectivity index (χ4v) is 3.29. The molecular formula is C19H24ClNO4. The largest absolute Gasteiger partial charge is 0.460 e. The topological polar surface area (TPSA) is 59.8 Å². The van der Waals surface area contributed by atoms with Crippen LogP contribution in [0, 0.1) is 5.92 Å². The molecule has 0 saturated carbocycles. The summed E-state index contributed by atoms with van der Waals surface area (Å²) in [6.45, 7) is 5.90. The van der Waals surface area contributed by atoms with Gasteiger partial charge in [-0.2, -0.15) is 0 Å². The predicted octanol–water partition coefficient (Wildman–Crippen LogP) is 3.64. The van der Waals surface area contributed by atoms with Crippen LogP contribution in [0.1, 0.15) is 31.9 Å². The average Bonchev–Trinajstić information content (AvgIpc) is 2.51. The van der Waals surface area contributed by atoms with Crippen molar-refractivity contribution in [3.63, 3.8) is 0 Å². The molecule has 6 heteroatoms. The molecule has 0 aliphatic rings. The quantitative estimate of drug-likeness (QED) is 0.577. The Morgan fingerprint density at radius 1 is 1.24 bits per heavy atom. The second-order valence-corrected chi connectivity index (χ2v) is 7.05. The van der Waals surface area contributed by atoms with Crippen molar-refractivity contribution < 1.29 is 13.9 Å². The maximum Gasteiger partial charge on any atom is 0.336 e. The van der Waals surface area contributed by atoms with Gasteiger partial charge in [0, 0.05) is 22.0 Å². The van der Waals surface area contributed by atoms with Crippen LogP contribution in [0.2, 0.25) is 5.02 Å². The van der Waals surface area contributed by atoms with E-state index in [-0.39, 0.29) is 24.5 Å². The monoisotopic (exact) mass is 365 g/mol. The first-order chi connectivity index (χ1) is 11.7. The van der Waals surface area contributed by atoms with Crippen LogP contribution < -0.4 is 5.63 Å². The summed E-state index contributed by atoms with van der Waals surface area (Å²) in [5.41, 5.74) is 1.47. The smallest absolute Gasteiger partial charge is 0.336 e. The van der Waals surface area contributed by atoms with E-state index in [1.54, 1.807) is 12.1 Å². The van der Waals surface area contributed by atoms with Gasteiger partial charge in [-0.25, -0.2) is 4.79 Å². The van der Waals surface area contributed by atoms with E-state index in [0.29, 0.717) is 21.6 Å². The Balaban J connectivity index is 2.33. The van der Waals surface area contributed by atoms with Crippen molar-refractivity contribution >= 4 is 28.5 Å². The first-order valence-corrected chi connectivity index (χ1v) is 8.70. The van der Waals surface area contributed by atoms with Crippen LogP contribution in [0.5, 0.6) is 0 Å². The summed E-state index contributed by atoms with van der Waals surface area (Å²) in [6, 6.07) is 4.52. The summed E-state index contributed by atoms with van der Waals surface area (Å²) < 4.78 is 10.7. The van der Waals surface area contributed by atoms with Crippen LogP contribution in [0.4, 0.5) is 0 Å². The Hall–Kier alpha value is -1.85. The molecule has 2 aromatic rings. The molecule has 0 N–H and O–H groups in total. The highest BCUT2D eigenvalue weighted by Gasteiger charge is 2.26. The third-order valence-electron chi connectivity index (χ3n) is 4.18. The van der Waals surface area contributed by atoms with Crippen LogP contribution in [-0.4, -0.2) is 31.0 Å². The minimum absolute atomic E-state index is 0.000204. The minimum atomic E-state index is -0.476. The Morgan fingerprint density at radius 3 is 2.48 bits per heavy atom. The molecule has 0 aliphatic carbocycles. The Morgan fingerprint density at radius 2 is 1.92 bits per heavy atom. The van der Waals surface area contributed by atoms with Crippen LogP contribution in [-0.2, 0) is 22.6 Å². The number of likely N-dealkylation sites (N-methyl/N-ethyl adjacent to an activating group) is 1. The zero-order chi connectivity index (χ0) is 18.7. The normalized spacial score (nSPS) is 12.8. The van der Waals surface area contributed by atoms with Crippen molar-refractivity contribution in [2.24, 2.45) is 5.92 Å². The number of nitrogens with zero attached hydrogens (tertiary/aromatic N) is 1. The number of esters is 1. The van der Waals surface area contributed by atoms with Crippen molar-refractivity contribution in [2.45, 2.75) is 39.8 Å². The molecule has 0 radical (unpaired) electrons. The van der Waals surface area contributed by atoms with Gasteiger partial charge in [0.25, 0.3) is 0 Å². The Bertz CT molecular complexity index is 818. The molecule has 1 unspecified atom stereocenters. The van der Waals surface area contributed by atoms with Crippen LogP contribution in [0.3, 0.4) is 0 Å². The number of benzene rings is 1. The second kappa shape index (κ2) is 8.02. The number of carbonyl (C=O) groups is 1. The van der Waals surface area contributed by atoms with Gasteiger partial charge in [0.2, 0.25) is 0 Å². The third kappa shape index (κ3) is 4.41. The number of carbonyl (C=O) groups excluding carboxylic acids is 1. The number of halogens is 1. The highest BCUT2D eigenvalue weighted by atomic mass is 35.5. The summed E-state index contributed by atoms with van der Waals surface area (Å²) >= 11 is 6.28. The van der Waals surface area contributed by atoms with Gasteiger partial charge in [-0.05, 0) is 44.1 Å². The van der Waals surface area contributed by atoms with Gasteiger partial charge >= 0.3 is 11.6 Å². The lowest BCUT2D eigenvalue weighted by molar-refractivity contribution is -0.152. The fourth-order valence-electron chi connectivity index (χ4n) is 2.99. The number of ether oxygens (including phenoxy) is 1. The Labute approximate surface area is 152 Å². The maximum absolute atomic E-state index is 12.4. The van der Waals surface area contributed by atoms with E-state index in [1.807, 2.05) is 39.8 Å². The van der Waals surface area contributed by atoms with Crippen LogP contribution in [0.15, 0.2) is 27.4 Å². The van der Waals surface area contributed by atoms with Crippen molar-refractivity contribution in [1.82, 2.24) is 4.90 Å². The molecule has 5 nitrogen and oxygen atoms in total. The fraction of sp³-hybridized carbons (Fsp3) is 0.474. The standard InChI is InChI=1S/C19H24ClNO4/c1-6-12-7-16-14(9-15(12)20)13(8-17(22)25-16)10-24-19(23)18(11(2)3)21(4)5/h7-9,11,18H,6,10H2,1-5H3. The molecule has 25 heavy (non-hydrogen) atoms. The summed E-state index contributed by atoms with van der Waals surface area (Å²) in [6.07, 6.45) is 0.733. The van der Waals surface area contributed by atoms with Crippen molar-refractivity contribution in [1.29, 1.82) is 0 Å². The van der Waals surface area contributed by atoms with E-state index in [4.69, 9.17) is 20.8 Å². The van der Waals surface area contributed by atoms with Gasteiger partial charge in [-0.3, -0.25) is 9.69 Å². The summed E-state index contributed by atoms with van der Waals surface area (Å²) in [7, 11) is 3.68. The lowest BCUT2D eigenvalue weighted by Gasteiger charge is -2.25. The first kappa shape index (κ1) is 19.5. The highest BCUT2D eigenvalue weighted by molar-refractivity contribution is 6.32. The summed E-state index contributed by atoms with van der Waals surface area (Å²) in [4.78, 5) is 26.1. The van der Waals surface area contributed by atoms with Gasteiger partial charge in [0.05, 0.1) is 0 Å². The maximum atomic E-state index is 12.4. The van der Waals surface area contributed by atoms with Gasteiger partial charge in [0.15, 0.2) is 0 Å². The number of hydrogen-bond acceptors (Lipinski definition) is 5. The van der Waals surface area contributed by atoms with E-state index < -0.39 is 5.63 Å². The van der Waals surface area contributed by atoms with Crippen LogP contribution in [0.25, 0.3) is 11.0 Å². The van der Waals surface area contributed by atoms with Crippen LogP contribution >= 0.6 is 11.6 Å². The van der Waals surface area contributed by atoms with Gasteiger partial charge in [-0.1, -0.05) is 32.4 Å². The lowest BCUT2D eigenvalue weighted by Crippen LogP contribution is -2.41. The molecule has 0 amide bonds. The molecule has 1 aromatic heterocycles. The number of aryl methyl sites for hydroxylation is 1. The van der Waals surface area contributed by atoms with E-state index in [0.717, 1.165) is 12.0 Å². The predicted molar refractivity (Wildman–Crippen MR) is 99.0 cm³/mol. The molecule has 0 bridgehead atoms. The van der Waals surface area contributed by atoms with Crippen molar-refractivity contribution in [3.05, 3.63) is 44.8 Å². The molecule has 1 atom stereocenters. The van der Waals surface area contributed by atoms with E-state index >= 15 is 0 Å². The highest BCUT2D eigenvalue weighted by Crippen LogP contribution is 2.26. The average molecular weight is 366 g/mol. The molecule has 0 aliphatic heterocycles. The SMILES string of the molecule is CCc1cc2oc(=O)cc(COC(=O)C(C(C)C)N(C)C)c2cc1Cl. The lowest BCUT2D eigenvalue weighted by atomic mass is 10.0. The zero-order valence-corrected chi connectivity index (χ0v) is 16.0. The number of hydrogen-bond donors (Lipinski definition) is 0. The molecular weight excluding hydrogens is 342 g/mol. The Kier molecular flexibility index (Phi) is 6.25. The minimum Gasteiger partial charge on any atom is -0.460 e. The third-order valence-corrected chi connectivity index (χ3v) is 4.53. The second-order valence-electron chi connectivity index (χ2n) is 6.64. The molecule has 1 aromatic carbocycles. The molecule has 0 saturated heterocycles. The summed E-state index contributed by atoms with van der Waals surface area (Å²) in [5.74, 6) is -0.209. The first-order valence-electron chi connectivity index (χ1n) is 8.32. The van der Waals surface area contributed by atoms with Gasteiger partial charge in [-0.15, -0.1) is 0 Å². The zero-order valence-electron chi connectivity index (χ0n) is 15.3. The van der Waals surface area contributed by atoms with E-state index in [1.165, 1.54) is 6.07 Å². The van der Waals surface area contributed by atoms with Crippen molar-refractivity contribution in [2.75, 3.05) is 14.1 Å². The molecule has 136 valence electrons. The van der Waals surface area contributed by atoms with E-state index in [2.05, 4.69) is 0 Å².